The highest BCUT2D eigenvalue weighted by Gasteiger charge is 2.63. The lowest BCUT2D eigenvalue weighted by Gasteiger charge is -2.49. The summed E-state index contributed by atoms with van der Waals surface area (Å²) in [6.45, 7) is 7.13. The molecule has 208 valence electrons. The van der Waals surface area contributed by atoms with Crippen LogP contribution >= 0.6 is 0 Å². The number of rotatable bonds is 4. The third-order valence-corrected chi connectivity index (χ3v) is 15.3. The topological polar surface area (TPSA) is 143 Å². The van der Waals surface area contributed by atoms with Crippen LogP contribution in [0.15, 0.2) is 46.2 Å². The van der Waals surface area contributed by atoms with Gasteiger partial charge in [-0.15, -0.1) is 0 Å². The number of sulfonamides is 2. The van der Waals surface area contributed by atoms with Crippen molar-refractivity contribution in [2.75, 3.05) is 23.0 Å². The van der Waals surface area contributed by atoms with Crippen LogP contribution < -0.4 is 0 Å². The molecule has 0 bridgehead atoms. The SMILES string of the molecule is Cc1ccc(S(=O)(=O)N2[C@@H]3CS(=O)(=O)C[C@@H]3N(S(=O)(=O)c3ccc(C)c(C)c3)[C@H]3CS(=O)(=O)C[C@@H]32)cc1C. The van der Waals surface area contributed by atoms with Gasteiger partial charge in [0.1, 0.15) is 0 Å². The van der Waals surface area contributed by atoms with Crippen LogP contribution in [0.3, 0.4) is 0 Å². The van der Waals surface area contributed by atoms with Crippen LogP contribution in [0.5, 0.6) is 0 Å². The number of hydrogen-bond donors (Lipinski definition) is 0. The molecule has 0 amide bonds. The maximum Gasteiger partial charge on any atom is 0.243 e. The van der Waals surface area contributed by atoms with Crippen molar-refractivity contribution in [1.82, 2.24) is 8.61 Å². The van der Waals surface area contributed by atoms with Crippen LogP contribution in [0.1, 0.15) is 22.3 Å². The first-order valence-electron chi connectivity index (χ1n) is 12.1. The number of fused-ring (bicyclic) bond motifs is 2. The highest BCUT2D eigenvalue weighted by Crippen LogP contribution is 2.43. The summed E-state index contributed by atoms with van der Waals surface area (Å²) < 4.78 is 110. The van der Waals surface area contributed by atoms with E-state index in [9.17, 15) is 33.7 Å². The second kappa shape index (κ2) is 8.83. The molecule has 38 heavy (non-hydrogen) atoms. The van der Waals surface area contributed by atoms with Gasteiger partial charge >= 0.3 is 0 Å². The molecule has 2 aromatic rings. The Balaban J connectivity index is 1.71. The average molecular weight is 603 g/mol. The number of aryl methyl sites for hydroxylation is 4. The largest absolute Gasteiger partial charge is 0.243 e. The molecule has 0 N–H and O–H groups in total. The molecule has 3 saturated heterocycles. The second-order valence-corrected chi connectivity index (χ2v) is 18.6. The minimum Gasteiger partial charge on any atom is -0.229 e. The van der Waals surface area contributed by atoms with Crippen molar-refractivity contribution in [3.8, 4) is 0 Å². The van der Waals surface area contributed by atoms with Gasteiger partial charge in [0, 0.05) is 0 Å². The lowest BCUT2D eigenvalue weighted by atomic mass is 10.0. The Hall–Kier alpha value is -1.84. The summed E-state index contributed by atoms with van der Waals surface area (Å²) in [6.07, 6.45) is 0. The highest BCUT2D eigenvalue weighted by molar-refractivity contribution is 7.93. The number of benzene rings is 2. The van der Waals surface area contributed by atoms with Crippen LogP contribution in [-0.2, 0) is 39.7 Å². The maximum atomic E-state index is 14.0. The van der Waals surface area contributed by atoms with Gasteiger partial charge in [-0.1, -0.05) is 12.1 Å². The van der Waals surface area contributed by atoms with Crippen molar-refractivity contribution < 1.29 is 33.7 Å². The maximum absolute atomic E-state index is 14.0. The number of sulfone groups is 2. The van der Waals surface area contributed by atoms with Crippen LogP contribution in [-0.4, -0.2) is 89.5 Å². The molecule has 0 radical (unpaired) electrons. The van der Waals surface area contributed by atoms with Crippen molar-refractivity contribution in [3.05, 3.63) is 58.7 Å². The number of hydrogen-bond acceptors (Lipinski definition) is 8. The summed E-state index contributed by atoms with van der Waals surface area (Å²) in [4.78, 5) is -0.172. The zero-order chi connectivity index (χ0) is 28.0. The van der Waals surface area contributed by atoms with Crippen molar-refractivity contribution >= 4 is 39.7 Å². The Morgan fingerprint density at radius 1 is 0.553 bits per heavy atom. The quantitative estimate of drug-likeness (QED) is 0.503. The fourth-order valence-corrected chi connectivity index (χ4v) is 14.0. The van der Waals surface area contributed by atoms with E-state index in [0.717, 1.165) is 19.7 Å². The van der Waals surface area contributed by atoms with Gasteiger partial charge in [-0.3, -0.25) is 0 Å². The molecule has 3 aliphatic rings. The van der Waals surface area contributed by atoms with Crippen LogP contribution in [0.2, 0.25) is 0 Å². The molecular weight excluding hydrogens is 573 g/mol. The fourth-order valence-electron chi connectivity index (χ4n) is 5.79. The molecule has 0 aliphatic carbocycles. The van der Waals surface area contributed by atoms with Gasteiger partial charge in [0.05, 0.1) is 57.0 Å². The lowest BCUT2D eigenvalue weighted by molar-refractivity contribution is 0.0841. The number of piperazine rings is 1. The Morgan fingerprint density at radius 2 is 0.842 bits per heavy atom. The van der Waals surface area contributed by atoms with E-state index in [1.807, 2.05) is 13.8 Å². The molecule has 3 heterocycles. The lowest BCUT2D eigenvalue weighted by Crippen LogP contribution is -2.69. The molecule has 5 rings (SSSR count). The molecule has 3 aliphatic heterocycles. The van der Waals surface area contributed by atoms with E-state index in [1.54, 1.807) is 26.0 Å². The first kappa shape index (κ1) is 27.7. The number of nitrogens with zero attached hydrogens (tertiary/aromatic N) is 2. The van der Waals surface area contributed by atoms with E-state index in [2.05, 4.69) is 0 Å². The Morgan fingerprint density at radius 3 is 1.11 bits per heavy atom. The zero-order valence-electron chi connectivity index (χ0n) is 21.4. The van der Waals surface area contributed by atoms with Gasteiger partial charge in [-0.25, -0.2) is 33.7 Å². The molecule has 14 heteroatoms. The van der Waals surface area contributed by atoms with E-state index >= 15 is 0 Å². The van der Waals surface area contributed by atoms with E-state index in [-0.39, 0.29) is 9.79 Å². The normalized spacial score (nSPS) is 29.2. The van der Waals surface area contributed by atoms with Crippen molar-refractivity contribution in [2.24, 2.45) is 0 Å². The van der Waals surface area contributed by atoms with Gasteiger partial charge in [0.15, 0.2) is 19.7 Å². The molecule has 0 aromatic heterocycles. The summed E-state index contributed by atoms with van der Waals surface area (Å²) in [6, 6.07) is 3.98. The fraction of sp³-hybridized carbons (Fsp3) is 0.500. The molecular formula is C24H30N2O8S4. The Kier molecular flexibility index (Phi) is 6.44. The first-order chi connectivity index (χ1) is 17.4. The van der Waals surface area contributed by atoms with Crippen LogP contribution in [0.4, 0.5) is 0 Å². The van der Waals surface area contributed by atoms with Gasteiger partial charge < -0.3 is 0 Å². The minimum absolute atomic E-state index is 0.0860. The summed E-state index contributed by atoms with van der Waals surface area (Å²) in [5, 5.41) is 0. The predicted molar refractivity (Wildman–Crippen MR) is 142 cm³/mol. The summed E-state index contributed by atoms with van der Waals surface area (Å²) in [5.74, 6) is -2.37. The van der Waals surface area contributed by atoms with Crippen molar-refractivity contribution in [1.29, 1.82) is 0 Å². The third-order valence-electron chi connectivity index (χ3n) is 8.00. The van der Waals surface area contributed by atoms with Crippen molar-refractivity contribution in [2.45, 2.75) is 61.7 Å². The third kappa shape index (κ3) is 4.42. The first-order valence-corrected chi connectivity index (χ1v) is 18.6. The van der Waals surface area contributed by atoms with Crippen LogP contribution in [0.25, 0.3) is 0 Å². The molecule has 0 saturated carbocycles. The van der Waals surface area contributed by atoms with E-state index in [4.69, 9.17) is 0 Å². The molecule has 3 fully saturated rings. The molecule has 0 spiro atoms. The molecule has 4 atom stereocenters. The van der Waals surface area contributed by atoms with Gasteiger partial charge in [0.25, 0.3) is 0 Å². The summed E-state index contributed by atoms with van der Waals surface area (Å²) >= 11 is 0. The molecule has 0 unspecified atom stereocenters. The van der Waals surface area contributed by atoms with Gasteiger partial charge in [-0.05, 0) is 74.2 Å². The zero-order valence-corrected chi connectivity index (χ0v) is 24.7. The second-order valence-electron chi connectivity index (χ2n) is 10.6. The Labute approximate surface area is 224 Å². The average Bonchev–Trinajstić information content (AvgIpc) is 3.27. The smallest absolute Gasteiger partial charge is 0.229 e. The molecule has 10 nitrogen and oxygen atoms in total. The minimum atomic E-state index is -4.37. The monoisotopic (exact) mass is 602 g/mol. The highest BCUT2D eigenvalue weighted by atomic mass is 32.2. The van der Waals surface area contributed by atoms with Gasteiger partial charge in [-0.2, -0.15) is 8.61 Å². The van der Waals surface area contributed by atoms with E-state index in [0.29, 0.717) is 11.1 Å². The summed E-state index contributed by atoms with van der Waals surface area (Å²) in [7, 11) is -16.4. The molecule has 2 aromatic carbocycles. The Bertz CT molecular complexity index is 1600. The van der Waals surface area contributed by atoms with E-state index < -0.39 is 86.9 Å². The summed E-state index contributed by atoms with van der Waals surface area (Å²) in [5.41, 5.74) is 3.12. The predicted octanol–water partition coefficient (Wildman–Crippen LogP) is 0.947. The van der Waals surface area contributed by atoms with Crippen molar-refractivity contribution in [3.63, 3.8) is 0 Å². The van der Waals surface area contributed by atoms with Gasteiger partial charge in [0.2, 0.25) is 20.0 Å². The standard InChI is InChI=1S/C24H30N2O8S4/c1-15-5-7-19(9-17(15)3)37(31,32)25-21-11-35(27,28)13-23(21)26(24-14-36(29,30)12-22(24)25)38(33,34)20-8-6-16(2)18(4)10-20/h5-10,21-24H,11-14H2,1-4H3/t21-,22-,23-,24+/m0/s1. The van der Waals surface area contributed by atoms with Crippen LogP contribution in [0, 0.1) is 27.7 Å². The van der Waals surface area contributed by atoms with E-state index in [1.165, 1.54) is 24.3 Å².